The number of hydrogen-bond donors (Lipinski definition) is 1. The fourth-order valence-electron chi connectivity index (χ4n) is 3.78. The standard InChI is InChI=1S/C26H25N5O/c1-18(26(32)20-10-11-20)16-24-29-25-9-5-8-22(31(25)30-24)21-12-13-23(28-17-21)27-15-14-19-6-3-2-4-7-19/h2-9,12-13,17,20H,1,10-11,14-16H2,(H,27,28). The zero-order valence-corrected chi connectivity index (χ0v) is 17.9. The third kappa shape index (κ3) is 4.44. The lowest BCUT2D eigenvalue weighted by Crippen LogP contribution is -2.07. The van der Waals surface area contributed by atoms with Crippen LogP contribution in [0, 0.1) is 5.92 Å². The second kappa shape index (κ2) is 8.75. The van der Waals surface area contributed by atoms with Crippen molar-refractivity contribution in [3.8, 4) is 11.3 Å². The molecule has 0 bridgehead atoms. The van der Waals surface area contributed by atoms with E-state index >= 15 is 0 Å². The molecule has 1 saturated carbocycles. The van der Waals surface area contributed by atoms with Gasteiger partial charge < -0.3 is 5.32 Å². The van der Waals surface area contributed by atoms with Crippen LogP contribution in [-0.4, -0.2) is 31.9 Å². The SMILES string of the molecule is C=C(Cc1nc2cccc(-c3ccc(NCCc4ccccc4)nc3)n2n1)C(=O)C1CC1. The molecule has 1 aromatic carbocycles. The summed E-state index contributed by atoms with van der Waals surface area (Å²) in [7, 11) is 0. The number of carbonyl (C=O) groups is 1. The van der Waals surface area contributed by atoms with Crippen LogP contribution in [0.2, 0.25) is 0 Å². The second-order valence-electron chi connectivity index (χ2n) is 8.22. The first kappa shape index (κ1) is 20.1. The van der Waals surface area contributed by atoms with Gasteiger partial charge in [-0.2, -0.15) is 5.10 Å². The minimum atomic E-state index is 0.156. The average molecular weight is 424 g/mol. The molecule has 3 aromatic heterocycles. The number of hydrogen-bond acceptors (Lipinski definition) is 5. The van der Waals surface area contributed by atoms with Gasteiger partial charge >= 0.3 is 0 Å². The molecule has 0 saturated heterocycles. The van der Waals surface area contributed by atoms with Gasteiger partial charge in [0.25, 0.3) is 0 Å². The monoisotopic (exact) mass is 423 g/mol. The van der Waals surface area contributed by atoms with Gasteiger partial charge in [-0.1, -0.05) is 43.0 Å². The quantitative estimate of drug-likeness (QED) is 0.401. The predicted molar refractivity (Wildman–Crippen MR) is 125 cm³/mol. The Morgan fingerprint density at radius 2 is 1.91 bits per heavy atom. The van der Waals surface area contributed by atoms with E-state index in [1.54, 1.807) is 0 Å². The Morgan fingerprint density at radius 1 is 1.06 bits per heavy atom. The van der Waals surface area contributed by atoms with Gasteiger partial charge in [0.1, 0.15) is 5.82 Å². The van der Waals surface area contributed by atoms with E-state index in [0.717, 1.165) is 48.5 Å². The van der Waals surface area contributed by atoms with Crippen molar-refractivity contribution in [1.29, 1.82) is 0 Å². The Balaban J connectivity index is 1.29. The molecule has 0 unspecified atom stereocenters. The molecule has 1 aliphatic rings. The number of Topliss-reactive ketones (excluding diaryl/α,β-unsaturated/α-hetero) is 1. The summed E-state index contributed by atoms with van der Waals surface area (Å²) in [6, 6.07) is 20.3. The van der Waals surface area contributed by atoms with Gasteiger partial charge in [0.15, 0.2) is 17.3 Å². The maximum absolute atomic E-state index is 12.2. The van der Waals surface area contributed by atoms with Crippen LogP contribution in [-0.2, 0) is 17.6 Å². The van der Waals surface area contributed by atoms with Crippen LogP contribution in [0.4, 0.5) is 5.82 Å². The zero-order chi connectivity index (χ0) is 21.9. The molecule has 6 heteroatoms. The molecule has 3 heterocycles. The van der Waals surface area contributed by atoms with E-state index in [1.807, 2.05) is 47.1 Å². The lowest BCUT2D eigenvalue weighted by Gasteiger charge is -2.08. The lowest BCUT2D eigenvalue weighted by molar-refractivity contribution is -0.116. The number of allylic oxidation sites excluding steroid dienone is 1. The van der Waals surface area contributed by atoms with Crippen molar-refractivity contribution in [2.75, 3.05) is 11.9 Å². The van der Waals surface area contributed by atoms with Crippen LogP contribution < -0.4 is 5.32 Å². The third-order valence-electron chi connectivity index (χ3n) is 5.69. The highest BCUT2D eigenvalue weighted by atomic mass is 16.1. The van der Waals surface area contributed by atoms with Crippen LogP contribution in [0.15, 0.2) is 79.0 Å². The summed E-state index contributed by atoms with van der Waals surface area (Å²) in [5.74, 6) is 1.78. The van der Waals surface area contributed by atoms with Crippen LogP contribution in [0.5, 0.6) is 0 Å². The van der Waals surface area contributed by atoms with Crippen molar-refractivity contribution in [2.24, 2.45) is 5.92 Å². The zero-order valence-electron chi connectivity index (χ0n) is 17.9. The van der Waals surface area contributed by atoms with E-state index in [4.69, 9.17) is 0 Å². The molecule has 160 valence electrons. The van der Waals surface area contributed by atoms with E-state index in [-0.39, 0.29) is 11.7 Å². The number of pyridine rings is 2. The number of fused-ring (bicyclic) bond motifs is 1. The lowest BCUT2D eigenvalue weighted by atomic mass is 10.1. The van der Waals surface area contributed by atoms with E-state index in [1.165, 1.54) is 5.56 Å². The molecular formula is C26H25N5O. The first-order valence-corrected chi connectivity index (χ1v) is 11.0. The number of rotatable bonds is 9. The summed E-state index contributed by atoms with van der Waals surface area (Å²) in [6.45, 7) is 4.78. The van der Waals surface area contributed by atoms with Gasteiger partial charge in [0.05, 0.1) is 5.69 Å². The number of anilines is 1. The Bertz CT molecular complexity index is 1260. The van der Waals surface area contributed by atoms with Crippen molar-refractivity contribution in [3.63, 3.8) is 0 Å². The molecular weight excluding hydrogens is 398 g/mol. The smallest absolute Gasteiger partial charge is 0.161 e. The largest absolute Gasteiger partial charge is 0.370 e. The molecule has 0 aliphatic heterocycles. The number of aromatic nitrogens is 4. The van der Waals surface area contributed by atoms with E-state index in [2.05, 4.69) is 51.2 Å². The van der Waals surface area contributed by atoms with Gasteiger partial charge in [-0.3, -0.25) is 4.79 Å². The van der Waals surface area contributed by atoms with Gasteiger partial charge in [0, 0.05) is 30.6 Å². The van der Waals surface area contributed by atoms with Crippen molar-refractivity contribution in [1.82, 2.24) is 19.6 Å². The molecule has 32 heavy (non-hydrogen) atoms. The Labute approximate surface area is 187 Å². The van der Waals surface area contributed by atoms with Gasteiger partial charge in [-0.15, -0.1) is 0 Å². The fourth-order valence-corrected chi connectivity index (χ4v) is 3.78. The topological polar surface area (TPSA) is 72.2 Å². The van der Waals surface area contributed by atoms with Crippen molar-refractivity contribution < 1.29 is 4.79 Å². The van der Waals surface area contributed by atoms with Crippen LogP contribution in [0.3, 0.4) is 0 Å². The average Bonchev–Trinajstić information content (AvgIpc) is 3.59. The number of nitrogens with one attached hydrogen (secondary N) is 1. The molecule has 4 aromatic rings. The molecule has 0 radical (unpaired) electrons. The van der Waals surface area contributed by atoms with Crippen LogP contribution in [0.25, 0.3) is 16.9 Å². The van der Waals surface area contributed by atoms with Gasteiger partial charge in [0.2, 0.25) is 0 Å². The van der Waals surface area contributed by atoms with E-state index < -0.39 is 0 Å². The highest BCUT2D eigenvalue weighted by Gasteiger charge is 2.31. The Kier molecular flexibility index (Phi) is 5.50. The Morgan fingerprint density at radius 3 is 2.66 bits per heavy atom. The summed E-state index contributed by atoms with van der Waals surface area (Å²) in [6.07, 6.45) is 5.13. The molecule has 6 nitrogen and oxygen atoms in total. The number of carbonyl (C=O) groups excluding carboxylic acids is 1. The van der Waals surface area contributed by atoms with Crippen LogP contribution >= 0.6 is 0 Å². The van der Waals surface area contributed by atoms with Crippen molar-refractivity contribution >= 4 is 17.2 Å². The maximum Gasteiger partial charge on any atom is 0.161 e. The fraction of sp³-hybridized carbons (Fsp3) is 0.231. The predicted octanol–water partition coefficient (Wildman–Crippen LogP) is 4.52. The van der Waals surface area contributed by atoms with Gasteiger partial charge in [-0.05, 0) is 54.7 Å². The van der Waals surface area contributed by atoms with E-state index in [0.29, 0.717) is 17.8 Å². The number of nitrogens with zero attached hydrogens (tertiary/aromatic N) is 4. The number of ketones is 1. The summed E-state index contributed by atoms with van der Waals surface area (Å²) in [4.78, 5) is 21.4. The normalized spacial score (nSPS) is 13.2. The molecule has 1 aliphatic carbocycles. The molecule has 1 N–H and O–H groups in total. The van der Waals surface area contributed by atoms with Gasteiger partial charge in [-0.25, -0.2) is 14.5 Å². The maximum atomic E-state index is 12.2. The number of benzene rings is 1. The van der Waals surface area contributed by atoms with Crippen LogP contribution in [0.1, 0.15) is 24.2 Å². The van der Waals surface area contributed by atoms with E-state index in [9.17, 15) is 4.79 Å². The Hall–Kier alpha value is -3.80. The first-order chi connectivity index (χ1) is 15.7. The van der Waals surface area contributed by atoms with Crippen molar-refractivity contribution in [2.45, 2.75) is 25.7 Å². The third-order valence-corrected chi connectivity index (χ3v) is 5.69. The molecule has 0 spiro atoms. The highest BCUT2D eigenvalue weighted by molar-refractivity contribution is 5.98. The molecule has 1 fully saturated rings. The first-order valence-electron chi connectivity index (χ1n) is 11.0. The molecule has 0 atom stereocenters. The minimum Gasteiger partial charge on any atom is -0.370 e. The highest BCUT2D eigenvalue weighted by Crippen LogP contribution is 2.32. The minimum absolute atomic E-state index is 0.156. The summed E-state index contributed by atoms with van der Waals surface area (Å²) < 4.78 is 1.81. The molecule has 0 amide bonds. The summed E-state index contributed by atoms with van der Waals surface area (Å²) in [5, 5.41) is 8.02. The second-order valence-corrected chi connectivity index (χ2v) is 8.22. The molecule has 5 rings (SSSR count). The summed E-state index contributed by atoms with van der Waals surface area (Å²) in [5.41, 5.74) is 4.50. The summed E-state index contributed by atoms with van der Waals surface area (Å²) >= 11 is 0. The van der Waals surface area contributed by atoms with Crippen molar-refractivity contribution in [3.05, 3.63) is 90.4 Å².